The van der Waals surface area contributed by atoms with Gasteiger partial charge in [-0.1, -0.05) is 18.2 Å². The molecule has 0 fully saturated rings. The number of fused-ring (bicyclic) bond motifs is 1. The first-order valence-corrected chi connectivity index (χ1v) is 6.33. The first-order chi connectivity index (χ1) is 9.18. The summed E-state index contributed by atoms with van der Waals surface area (Å²) in [5.41, 5.74) is 10.0. The Balaban J connectivity index is 2.38. The van der Waals surface area contributed by atoms with E-state index in [2.05, 4.69) is 33.6 Å². The fraction of sp³-hybridized carbons (Fsp3) is 0.200. The Morgan fingerprint density at radius 3 is 2.68 bits per heavy atom. The van der Waals surface area contributed by atoms with Gasteiger partial charge in [-0.05, 0) is 37.6 Å². The summed E-state index contributed by atoms with van der Waals surface area (Å²) in [5, 5.41) is 0. The summed E-state index contributed by atoms with van der Waals surface area (Å²) in [6.45, 7) is 4.02. The monoisotopic (exact) mass is 252 g/mol. The molecule has 0 unspecified atom stereocenters. The van der Waals surface area contributed by atoms with Gasteiger partial charge in [0.15, 0.2) is 5.65 Å². The number of para-hydroxylation sites is 1. The van der Waals surface area contributed by atoms with Gasteiger partial charge < -0.3 is 5.73 Å². The largest absolute Gasteiger partial charge is 0.322 e. The van der Waals surface area contributed by atoms with Crippen LogP contribution in [-0.4, -0.2) is 14.5 Å². The van der Waals surface area contributed by atoms with Crippen LogP contribution >= 0.6 is 0 Å². The SMILES string of the molecule is Cc1ccccc1-n1c([C@H](C)N)nc2cccnc21. The van der Waals surface area contributed by atoms with Gasteiger partial charge in [-0.2, -0.15) is 0 Å². The highest BCUT2D eigenvalue weighted by Crippen LogP contribution is 2.24. The normalized spacial score (nSPS) is 12.8. The van der Waals surface area contributed by atoms with E-state index in [4.69, 9.17) is 5.73 Å². The first kappa shape index (κ1) is 11.9. The van der Waals surface area contributed by atoms with Crippen LogP contribution in [-0.2, 0) is 0 Å². The van der Waals surface area contributed by atoms with Crippen molar-refractivity contribution in [1.82, 2.24) is 14.5 Å². The van der Waals surface area contributed by atoms with Gasteiger partial charge in [0.05, 0.1) is 11.7 Å². The van der Waals surface area contributed by atoms with Crippen molar-refractivity contribution in [3.8, 4) is 5.69 Å². The van der Waals surface area contributed by atoms with Crippen LogP contribution in [0, 0.1) is 6.92 Å². The number of nitrogens with zero attached hydrogens (tertiary/aromatic N) is 3. The lowest BCUT2D eigenvalue weighted by molar-refractivity contribution is 0.724. The van der Waals surface area contributed by atoms with E-state index < -0.39 is 0 Å². The molecule has 0 saturated heterocycles. The second kappa shape index (κ2) is 4.48. The highest BCUT2D eigenvalue weighted by molar-refractivity contribution is 5.74. The van der Waals surface area contributed by atoms with Crippen molar-refractivity contribution in [3.05, 3.63) is 54.0 Å². The van der Waals surface area contributed by atoms with Gasteiger partial charge in [0, 0.05) is 6.20 Å². The number of benzene rings is 1. The van der Waals surface area contributed by atoms with Gasteiger partial charge in [-0.25, -0.2) is 9.97 Å². The molecule has 4 nitrogen and oxygen atoms in total. The average molecular weight is 252 g/mol. The number of hydrogen-bond acceptors (Lipinski definition) is 3. The fourth-order valence-corrected chi connectivity index (χ4v) is 2.29. The van der Waals surface area contributed by atoms with Crippen molar-refractivity contribution in [1.29, 1.82) is 0 Å². The third-order valence-corrected chi connectivity index (χ3v) is 3.21. The molecule has 2 heterocycles. The standard InChI is InChI=1S/C15H16N4/c1-10-6-3-4-8-13(10)19-14(11(2)16)18-12-7-5-9-17-15(12)19/h3-9,11H,16H2,1-2H3/t11-/m0/s1. The maximum absolute atomic E-state index is 6.05. The Bertz CT molecular complexity index is 728. The van der Waals surface area contributed by atoms with Gasteiger partial charge in [-0.15, -0.1) is 0 Å². The minimum Gasteiger partial charge on any atom is -0.322 e. The molecular formula is C15H16N4. The van der Waals surface area contributed by atoms with Crippen LogP contribution in [0.3, 0.4) is 0 Å². The maximum atomic E-state index is 6.05. The lowest BCUT2D eigenvalue weighted by atomic mass is 10.2. The summed E-state index contributed by atoms with van der Waals surface area (Å²) >= 11 is 0. The van der Waals surface area contributed by atoms with Gasteiger partial charge in [0.1, 0.15) is 11.3 Å². The highest BCUT2D eigenvalue weighted by Gasteiger charge is 2.16. The van der Waals surface area contributed by atoms with Gasteiger partial charge in [-0.3, -0.25) is 4.57 Å². The molecule has 0 spiro atoms. The van der Waals surface area contributed by atoms with Crippen LogP contribution < -0.4 is 5.73 Å². The summed E-state index contributed by atoms with van der Waals surface area (Å²) in [6.07, 6.45) is 1.78. The van der Waals surface area contributed by atoms with Crippen LogP contribution in [0.4, 0.5) is 0 Å². The van der Waals surface area contributed by atoms with Crippen molar-refractivity contribution >= 4 is 11.2 Å². The summed E-state index contributed by atoms with van der Waals surface area (Å²) in [4.78, 5) is 9.05. The summed E-state index contributed by atoms with van der Waals surface area (Å²) in [5.74, 6) is 0.836. The number of rotatable bonds is 2. The van der Waals surface area contributed by atoms with E-state index in [0.29, 0.717) is 0 Å². The minimum atomic E-state index is -0.145. The zero-order valence-corrected chi connectivity index (χ0v) is 11.0. The second-order valence-corrected chi connectivity index (χ2v) is 4.73. The lowest BCUT2D eigenvalue weighted by Crippen LogP contribution is -2.13. The Morgan fingerprint density at radius 2 is 1.95 bits per heavy atom. The van der Waals surface area contributed by atoms with E-state index in [1.54, 1.807) is 6.20 Å². The summed E-state index contributed by atoms with van der Waals surface area (Å²) in [7, 11) is 0. The number of pyridine rings is 1. The maximum Gasteiger partial charge on any atom is 0.164 e. The summed E-state index contributed by atoms with van der Waals surface area (Å²) < 4.78 is 2.05. The van der Waals surface area contributed by atoms with Crippen molar-refractivity contribution < 1.29 is 0 Å². The Kier molecular flexibility index (Phi) is 2.80. The topological polar surface area (TPSA) is 56.7 Å². The molecule has 1 aromatic carbocycles. The van der Waals surface area contributed by atoms with Crippen LogP contribution in [0.1, 0.15) is 24.4 Å². The molecule has 3 aromatic rings. The molecule has 0 radical (unpaired) electrons. The molecule has 2 aromatic heterocycles. The van der Waals surface area contributed by atoms with Gasteiger partial charge >= 0.3 is 0 Å². The number of imidazole rings is 1. The Morgan fingerprint density at radius 1 is 1.16 bits per heavy atom. The van der Waals surface area contributed by atoms with E-state index in [9.17, 15) is 0 Å². The zero-order valence-electron chi connectivity index (χ0n) is 11.0. The molecule has 19 heavy (non-hydrogen) atoms. The fourth-order valence-electron chi connectivity index (χ4n) is 2.29. The average Bonchev–Trinajstić information content (AvgIpc) is 2.79. The number of nitrogens with two attached hydrogens (primary N) is 1. The molecule has 0 bridgehead atoms. The Labute approximate surface area is 111 Å². The van der Waals surface area contributed by atoms with E-state index in [0.717, 1.165) is 22.7 Å². The molecule has 2 N–H and O–H groups in total. The van der Waals surface area contributed by atoms with Gasteiger partial charge in [0.2, 0.25) is 0 Å². The first-order valence-electron chi connectivity index (χ1n) is 6.33. The predicted octanol–water partition coefficient (Wildman–Crippen LogP) is 2.75. The molecule has 0 aliphatic rings. The number of aryl methyl sites for hydroxylation is 1. The second-order valence-electron chi connectivity index (χ2n) is 4.73. The third-order valence-electron chi connectivity index (χ3n) is 3.21. The quantitative estimate of drug-likeness (QED) is 0.763. The highest BCUT2D eigenvalue weighted by atomic mass is 15.1. The van der Waals surface area contributed by atoms with Crippen molar-refractivity contribution in [2.45, 2.75) is 19.9 Å². The van der Waals surface area contributed by atoms with Crippen LogP contribution in [0.2, 0.25) is 0 Å². The molecule has 0 amide bonds. The van der Waals surface area contributed by atoms with E-state index in [-0.39, 0.29) is 6.04 Å². The molecule has 1 atom stereocenters. The van der Waals surface area contributed by atoms with E-state index >= 15 is 0 Å². The van der Waals surface area contributed by atoms with E-state index in [1.807, 2.05) is 31.2 Å². The summed E-state index contributed by atoms with van der Waals surface area (Å²) in [6, 6.07) is 11.9. The molecule has 0 aliphatic heterocycles. The van der Waals surface area contributed by atoms with Gasteiger partial charge in [0.25, 0.3) is 0 Å². The molecule has 4 heteroatoms. The van der Waals surface area contributed by atoms with Crippen LogP contribution in [0.5, 0.6) is 0 Å². The minimum absolute atomic E-state index is 0.145. The van der Waals surface area contributed by atoms with Crippen LogP contribution in [0.15, 0.2) is 42.6 Å². The number of aromatic nitrogens is 3. The van der Waals surface area contributed by atoms with Crippen molar-refractivity contribution in [2.75, 3.05) is 0 Å². The molecule has 96 valence electrons. The molecule has 0 saturated carbocycles. The Hall–Kier alpha value is -2.20. The molecule has 3 rings (SSSR count). The smallest absolute Gasteiger partial charge is 0.164 e. The third kappa shape index (κ3) is 1.90. The van der Waals surface area contributed by atoms with E-state index in [1.165, 1.54) is 5.56 Å². The zero-order chi connectivity index (χ0) is 13.4. The lowest BCUT2D eigenvalue weighted by Gasteiger charge is -2.13. The van der Waals surface area contributed by atoms with Crippen LogP contribution in [0.25, 0.3) is 16.9 Å². The predicted molar refractivity (Wildman–Crippen MR) is 76.2 cm³/mol. The van der Waals surface area contributed by atoms with Crippen molar-refractivity contribution in [3.63, 3.8) is 0 Å². The number of hydrogen-bond donors (Lipinski definition) is 1. The molecule has 0 aliphatic carbocycles. The molecular weight excluding hydrogens is 236 g/mol. The van der Waals surface area contributed by atoms with Crippen molar-refractivity contribution in [2.24, 2.45) is 5.73 Å².